The number of amides is 1. The molecule has 1 atom stereocenters. The van der Waals surface area contributed by atoms with E-state index < -0.39 is 0 Å². The molecular weight excluding hydrogens is 278 g/mol. The van der Waals surface area contributed by atoms with E-state index in [1.807, 2.05) is 0 Å². The van der Waals surface area contributed by atoms with Crippen LogP contribution in [-0.4, -0.2) is 30.0 Å². The number of hydrogen-bond acceptors (Lipinski definition) is 3. The van der Waals surface area contributed by atoms with Crippen molar-refractivity contribution < 1.29 is 14.6 Å². The van der Waals surface area contributed by atoms with Crippen LogP contribution in [0.2, 0.25) is 0 Å². The molecule has 5 heteroatoms. The molecule has 1 aromatic carbocycles. The van der Waals surface area contributed by atoms with Gasteiger partial charge >= 0.3 is 0 Å². The van der Waals surface area contributed by atoms with Gasteiger partial charge < -0.3 is 15.2 Å². The third-order valence-corrected chi connectivity index (χ3v) is 3.99. The second-order valence-electron chi connectivity index (χ2n) is 4.66. The highest BCUT2D eigenvalue weighted by atomic mass is 35.5. The summed E-state index contributed by atoms with van der Waals surface area (Å²) in [5.41, 5.74) is 0.192. The molecule has 0 fully saturated rings. The van der Waals surface area contributed by atoms with Crippen LogP contribution in [0.1, 0.15) is 37.0 Å². The molecule has 4 nitrogen and oxygen atoms in total. The lowest BCUT2D eigenvalue weighted by atomic mass is 9.99. The SMILES string of the molecule is CCC(CC)C(Cl)CNC(=O)c1cccc(OC)c1O. The van der Waals surface area contributed by atoms with E-state index in [0.29, 0.717) is 12.5 Å². The molecule has 0 aromatic heterocycles. The summed E-state index contributed by atoms with van der Waals surface area (Å²) in [6.45, 7) is 4.54. The fourth-order valence-corrected chi connectivity index (χ4v) is 2.56. The Labute approximate surface area is 125 Å². The number of benzene rings is 1. The Balaban J connectivity index is 2.68. The number of phenols is 1. The van der Waals surface area contributed by atoms with Gasteiger partial charge in [0.1, 0.15) is 0 Å². The van der Waals surface area contributed by atoms with Gasteiger partial charge in [-0.15, -0.1) is 11.6 Å². The monoisotopic (exact) mass is 299 g/mol. The van der Waals surface area contributed by atoms with Gasteiger partial charge in [-0.3, -0.25) is 4.79 Å². The number of nitrogens with one attached hydrogen (secondary N) is 1. The number of ether oxygens (including phenoxy) is 1. The zero-order valence-electron chi connectivity index (χ0n) is 12.1. The molecule has 0 heterocycles. The van der Waals surface area contributed by atoms with Crippen molar-refractivity contribution in [2.45, 2.75) is 32.1 Å². The third kappa shape index (κ3) is 4.04. The molecule has 1 unspecified atom stereocenters. The Morgan fingerprint density at radius 1 is 1.40 bits per heavy atom. The van der Waals surface area contributed by atoms with Crippen molar-refractivity contribution in [3.05, 3.63) is 23.8 Å². The predicted molar refractivity (Wildman–Crippen MR) is 80.7 cm³/mol. The molecule has 0 saturated carbocycles. The van der Waals surface area contributed by atoms with Crippen LogP contribution in [0.3, 0.4) is 0 Å². The Morgan fingerprint density at radius 3 is 2.60 bits per heavy atom. The summed E-state index contributed by atoms with van der Waals surface area (Å²) in [7, 11) is 1.44. The average molecular weight is 300 g/mol. The fraction of sp³-hybridized carbons (Fsp3) is 0.533. The van der Waals surface area contributed by atoms with Gasteiger partial charge in [0.2, 0.25) is 0 Å². The molecule has 0 radical (unpaired) electrons. The molecule has 0 spiro atoms. The highest BCUT2D eigenvalue weighted by molar-refractivity contribution is 6.21. The van der Waals surface area contributed by atoms with Crippen LogP contribution in [0.4, 0.5) is 0 Å². The van der Waals surface area contributed by atoms with Gasteiger partial charge in [-0.05, 0) is 18.1 Å². The molecule has 2 N–H and O–H groups in total. The highest BCUT2D eigenvalue weighted by Gasteiger charge is 2.19. The second-order valence-corrected chi connectivity index (χ2v) is 5.22. The maximum atomic E-state index is 12.1. The second kappa shape index (κ2) is 8.00. The first kappa shape index (κ1) is 16.6. The topological polar surface area (TPSA) is 58.6 Å². The standard InChI is InChI=1S/C15H22ClNO3/c1-4-10(5-2)12(16)9-17-15(19)11-7-6-8-13(20-3)14(11)18/h6-8,10,12,18H,4-5,9H2,1-3H3,(H,17,19). The van der Waals surface area contributed by atoms with E-state index in [1.54, 1.807) is 18.2 Å². The number of rotatable bonds is 7. The zero-order valence-corrected chi connectivity index (χ0v) is 12.9. The first-order chi connectivity index (χ1) is 9.54. The van der Waals surface area contributed by atoms with Crippen LogP contribution >= 0.6 is 11.6 Å². The molecule has 1 amide bonds. The van der Waals surface area contributed by atoms with E-state index in [1.165, 1.54) is 7.11 Å². The zero-order chi connectivity index (χ0) is 15.1. The van der Waals surface area contributed by atoms with Crippen molar-refractivity contribution >= 4 is 17.5 Å². The molecule has 1 aromatic rings. The van der Waals surface area contributed by atoms with Crippen molar-refractivity contribution in [3.63, 3.8) is 0 Å². The van der Waals surface area contributed by atoms with Crippen molar-refractivity contribution in [2.75, 3.05) is 13.7 Å². The fourth-order valence-electron chi connectivity index (χ4n) is 2.12. The van der Waals surface area contributed by atoms with Crippen molar-refractivity contribution in [2.24, 2.45) is 5.92 Å². The summed E-state index contributed by atoms with van der Waals surface area (Å²) in [6.07, 6.45) is 1.95. The Hall–Kier alpha value is -1.42. The number of alkyl halides is 1. The summed E-state index contributed by atoms with van der Waals surface area (Å²) < 4.78 is 4.98. The van der Waals surface area contributed by atoms with Crippen LogP contribution in [0.25, 0.3) is 0 Å². The van der Waals surface area contributed by atoms with Gasteiger partial charge in [0.15, 0.2) is 11.5 Å². The average Bonchev–Trinajstić information content (AvgIpc) is 2.46. The van der Waals surface area contributed by atoms with Crippen LogP contribution in [0.5, 0.6) is 11.5 Å². The quantitative estimate of drug-likeness (QED) is 0.760. The number of halogens is 1. The number of aromatic hydroxyl groups is 1. The normalized spacial score (nSPS) is 12.2. The van der Waals surface area contributed by atoms with E-state index in [2.05, 4.69) is 19.2 Å². The summed E-state index contributed by atoms with van der Waals surface area (Å²) >= 11 is 6.28. The van der Waals surface area contributed by atoms with Crippen molar-refractivity contribution in [1.82, 2.24) is 5.32 Å². The first-order valence-electron chi connectivity index (χ1n) is 6.83. The number of methoxy groups -OCH3 is 1. The van der Waals surface area contributed by atoms with Crippen molar-refractivity contribution in [1.29, 1.82) is 0 Å². The molecule has 0 aliphatic heterocycles. The number of carbonyl (C=O) groups is 1. The van der Waals surface area contributed by atoms with E-state index in [4.69, 9.17) is 16.3 Å². The van der Waals surface area contributed by atoms with E-state index in [0.717, 1.165) is 12.8 Å². The minimum Gasteiger partial charge on any atom is -0.504 e. The maximum absolute atomic E-state index is 12.1. The smallest absolute Gasteiger partial charge is 0.255 e. The molecule has 1 rings (SSSR count). The highest BCUT2D eigenvalue weighted by Crippen LogP contribution is 2.29. The predicted octanol–water partition coefficient (Wildman–Crippen LogP) is 3.17. The molecular formula is C15H22ClNO3. The van der Waals surface area contributed by atoms with E-state index >= 15 is 0 Å². The third-order valence-electron chi connectivity index (χ3n) is 3.48. The summed E-state index contributed by atoms with van der Waals surface area (Å²) in [6, 6.07) is 4.81. The van der Waals surface area contributed by atoms with Gasteiger partial charge in [0.25, 0.3) is 5.91 Å². The minimum absolute atomic E-state index is 0.110. The molecule has 0 saturated heterocycles. The molecule has 0 bridgehead atoms. The van der Waals surface area contributed by atoms with Gasteiger partial charge in [0, 0.05) is 6.54 Å². The van der Waals surface area contributed by atoms with Crippen LogP contribution in [-0.2, 0) is 0 Å². The lowest BCUT2D eigenvalue weighted by Gasteiger charge is -2.19. The number of phenolic OH excluding ortho intramolecular Hbond substituents is 1. The number of para-hydroxylation sites is 1. The number of hydrogen-bond donors (Lipinski definition) is 2. The van der Waals surface area contributed by atoms with Crippen molar-refractivity contribution in [3.8, 4) is 11.5 Å². The molecule has 20 heavy (non-hydrogen) atoms. The van der Waals surface area contributed by atoms with E-state index in [-0.39, 0.29) is 28.3 Å². The minimum atomic E-state index is -0.349. The van der Waals surface area contributed by atoms with E-state index in [9.17, 15) is 9.90 Å². The van der Waals surface area contributed by atoms with Crippen LogP contribution in [0, 0.1) is 5.92 Å². The molecule has 0 aliphatic rings. The first-order valence-corrected chi connectivity index (χ1v) is 7.26. The lowest BCUT2D eigenvalue weighted by molar-refractivity contribution is 0.0948. The van der Waals surface area contributed by atoms with Crippen LogP contribution in [0.15, 0.2) is 18.2 Å². The summed E-state index contributed by atoms with van der Waals surface area (Å²) in [5.74, 6) is 0.148. The Kier molecular flexibility index (Phi) is 6.65. The largest absolute Gasteiger partial charge is 0.504 e. The van der Waals surface area contributed by atoms with Gasteiger partial charge in [-0.1, -0.05) is 32.8 Å². The number of carbonyl (C=O) groups excluding carboxylic acids is 1. The molecule has 112 valence electrons. The lowest BCUT2D eigenvalue weighted by Crippen LogP contribution is -2.33. The van der Waals surface area contributed by atoms with Crippen LogP contribution < -0.4 is 10.1 Å². The van der Waals surface area contributed by atoms with Gasteiger partial charge in [0.05, 0.1) is 18.1 Å². The maximum Gasteiger partial charge on any atom is 0.255 e. The Morgan fingerprint density at radius 2 is 2.05 bits per heavy atom. The summed E-state index contributed by atoms with van der Waals surface area (Å²) in [4.78, 5) is 12.1. The Bertz CT molecular complexity index is 447. The molecule has 0 aliphatic carbocycles. The summed E-state index contributed by atoms with van der Waals surface area (Å²) in [5, 5.41) is 12.6. The van der Waals surface area contributed by atoms with Gasteiger partial charge in [-0.2, -0.15) is 0 Å². The van der Waals surface area contributed by atoms with Gasteiger partial charge in [-0.25, -0.2) is 0 Å².